The van der Waals surface area contributed by atoms with Gasteiger partial charge >= 0.3 is 0 Å². The topological polar surface area (TPSA) is 54.2 Å². The highest BCUT2D eigenvalue weighted by molar-refractivity contribution is 5.93. The summed E-state index contributed by atoms with van der Waals surface area (Å²) in [5.74, 6) is -0.0616. The van der Waals surface area contributed by atoms with Crippen molar-refractivity contribution in [2.24, 2.45) is 0 Å². The van der Waals surface area contributed by atoms with Crippen molar-refractivity contribution in [3.05, 3.63) is 41.6 Å². The second-order valence-electron chi connectivity index (χ2n) is 5.11. The van der Waals surface area contributed by atoms with Gasteiger partial charge in [0, 0.05) is 12.1 Å². The lowest BCUT2D eigenvalue weighted by Gasteiger charge is -2.27. The molecule has 0 radical (unpaired) electrons. The first-order valence-electron chi connectivity index (χ1n) is 6.09. The van der Waals surface area contributed by atoms with Gasteiger partial charge in [0.2, 0.25) is 5.60 Å². The van der Waals surface area contributed by atoms with Crippen LogP contribution in [0.1, 0.15) is 12.0 Å². The largest absolute Gasteiger partial charge is 0.365 e. The average molecular weight is 243 g/mol. The number of nitrogens with one attached hydrogen (secondary N) is 1. The molecule has 1 aromatic carbocycles. The number of fused-ring (bicyclic) bond motifs is 1. The molecule has 0 bridgehead atoms. The predicted octanol–water partition coefficient (Wildman–Crippen LogP) is 1.09. The molecule has 18 heavy (non-hydrogen) atoms. The molecule has 2 atom stereocenters. The molecule has 4 heteroatoms. The quantitative estimate of drug-likeness (QED) is 0.751. The Hall–Kier alpha value is -1.65. The molecule has 0 saturated carbocycles. The van der Waals surface area contributed by atoms with Gasteiger partial charge in [-0.05, 0) is 11.6 Å². The maximum atomic E-state index is 12.1. The average Bonchev–Trinajstić information content (AvgIpc) is 3.23. The summed E-state index contributed by atoms with van der Waals surface area (Å²) < 4.78 is 10.9. The molecule has 2 spiro atoms. The Morgan fingerprint density at radius 1 is 1.17 bits per heavy atom. The van der Waals surface area contributed by atoms with Crippen LogP contribution in [0, 0.1) is 0 Å². The first kappa shape index (κ1) is 10.3. The summed E-state index contributed by atoms with van der Waals surface area (Å²) in [7, 11) is 0. The third-order valence-corrected chi connectivity index (χ3v) is 3.92. The zero-order chi connectivity index (χ0) is 12.2. The highest BCUT2D eigenvalue weighted by Gasteiger charge is 2.76. The molecule has 0 aromatic heterocycles. The van der Waals surface area contributed by atoms with E-state index in [-0.39, 0.29) is 5.91 Å². The van der Waals surface area contributed by atoms with E-state index in [4.69, 9.17) is 9.47 Å². The van der Waals surface area contributed by atoms with Gasteiger partial charge in [-0.25, -0.2) is 0 Å². The number of amides is 1. The summed E-state index contributed by atoms with van der Waals surface area (Å²) in [6, 6.07) is 9.95. The molecule has 3 aliphatic heterocycles. The molecule has 1 N–H and O–H groups in total. The molecule has 3 fully saturated rings. The van der Waals surface area contributed by atoms with Crippen molar-refractivity contribution in [1.82, 2.24) is 5.32 Å². The number of epoxide rings is 2. The van der Waals surface area contributed by atoms with E-state index in [1.54, 1.807) is 0 Å². The minimum absolute atomic E-state index is 0.0616. The highest BCUT2D eigenvalue weighted by atomic mass is 16.7. The number of piperidine rings is 1. The summed E-state index contributed by atoms with van der Waals surface area (Å²) in [4.78, 5) is 12.1. The van der Waals surface area contributed by atoms with Gasteiger partial charge in [0.1, 0.15) is 5.60 Å². The van der Waals surface area contributed by atoms with Crippen LogP contribution in [0.25, 0.3) is 6.08 Å². The Bertz CT molecular complexity index is 541. The van der Waals surface area contributed by atoms with Crippen LogP contribution in [0.4, 0.5) is 0 Å². The van der Waals surface area contributed by atoms with Crippen molar-refractivity contribution >= 4 is 12.0 Å². The van der Waals surface area contributed by atoms with E-state index in [0.29, 0.717) is 19.6 Å². The summed E-state index contributed by atoms with van der Waals surface area (Å²) in [5.41, 5.74) is 0.901. The van der Waals surface area contributed by atoms with Crippen LogP contribution in [-0.4, -0.2) is 30.3 Å². The minimum Gasteiger partial charge on any atom is -0.365 e. The van der Waals surface area contributed by atoms with Gasteiger partial charge in [0.05, 0.1) is 13.2 Å². The van der Waals surface area contributed by atoms with Gasteiger partial charge < -0.3 is 14.8 Å². The van der Waals surface area contributed by atoms with E-state index >= 15 is 0 Å². The van der Waals surface area contributed by atoms with Gasteiger partial charge in [0.15, 0.2) is 0 Å². The van der Waals surface area contributed by atoms with E-state index in [9.17, 15) is 4.79 Å². The second-order valence-corrected chi connectivity index (χ2v) is 5.11. The Morgan fingerprint density at radius 2 is 1.89 bits per heavy atom. The summed E-state index contributed by atoms with van der Waals surface area (Å²) in [6.45, 7) is 1.10. The van der Waals surface area contributed by atoms with Crippen LogP contribution in [-0.2, 0) is 14.3 Å². The van der Waals surface area contributed by atoms with E-state index in [1.165, 1.54) is 0 Å². The Balaban J connectivity index is 1.65. The predicted molar refractivity (Wildman–Crippen MR) is 64.5 cm³/mol. The van der Waals surface area contributed by atoms with Gasteiger partial charge in [-0.1, -0.05) is 30.3 Å². The Kier molecular flexibility index (Phi) is 1.84. The molecule has 3 aliphatic rings. The minimum atomic E-state index is -0.693. The molecular formula is C14H13NO3. The van der Waals surface area contributed by atoms with Gasteiger partial charge in [-0.2, -0.15) is 0 Å². The third kappa shape index (κ3) is 1.30. The molecule has 0 aliphatic carbocycles. The standard InChI is InChI=1S/C14H13NO3/c16-12-14(9-18-14)13(8-17-13)7-11(15-12)6-10-4-2-1-3-5-10/h1-6H,7-9H2,(H,15,16)/b11-6-/t13-,14-/m1/s1. The summed E-state index contributed by atoms with van der Waals surface area (Å²) >= 11 is 0. The summed E-state index contributed by atoms with van der Waals surface area (Å²) in [6.07, 6.45) is 2.71. The third-order valence-electron chi connectivity index (χ3n) is 3.92. The van der Waals surface area contributed by atoms with Crippen molar-refractivity contribution in [3.8, 4) is 0 Å². The van der Waals surface area contributed by atoms with Crippen molar-refractivity contribution in [2.45, 2.75) is 17.6 Å². The normalized spacial score (nSPS) is 39.1. The van der Waals surface area contributed by atoms with Crippen molar-refractivity contribution in [3.63, 3.8) is 0 Å². The van der Waals surface area contributed by atoms with Gasteiger partial charge in [-0.15, -0.1) is 0 Å². The molecule has 92 valence electrons. The number of ether oxygens (including phenoxy) is 2. The Morgan fingerprint density at radius 3 is 2.50 bits per heavy atom. The molecule has 4 rings (SSSR count). The first-order chi connectivity index (χ1) is 8.74. The van der Waals surface area contributed by atoms with Crippen molar-refractivity contribution in [2.75, 3.05) is 13.2 Å². The Labute approximate surface area is 105 Å². The first-order valence-corrected chi connectivity index (χ1v) is 6.09. The molecule has 3 saturated heterocycles. The van der Waals surface area contributed by atoms with E-state index in [0.717, 1.165) is 11.3 Å². The molecule has 0 unspecified atom stereocenters. The van der Waals surface area contributed by atoms with Crippen molar-refractivity contribution < 1.29 is 14.3 Å². The number of carbonyl (C=O) groups is 1. The molecule has 3 heterocycles. The lowest BCUT2D eigenvalue weighted by atomic mass is 9.84. The number of carbonyl (C=O) groups excluding carboxylic acids is 1. The number of hydrogen-bond acceptors (Lipinski definition) is 3. The number of rotatable bonds is 1. The highest BCUT2D eigenvalue weighted by Crippen LogP contribution is 2.54. The molecule has 1 aromatic rings. The van der Waals surface area contributed by atoms with Crippen molar-refractivity contribution in [1.29, 1.82) is 0 Å². The fourth-order valence-corrected chi connectivity index (χ4v) is 2.67. The monoisotopic (exact) mass is 243 g/mol. The fourth-order valence-electron chi connectivity index (χ4n) is 2.67. The molecular weight excluding hydrogens is 230 g/mol. The van der Waals surface area contributed by atoms with Crippen LogP contribution in [0.15, 0.2) is 36.0 Å². The van der Waals surface area contributed by atoms with E-state index < -0.39 is 11.2 Å². The van der Waals surface area contributed by atoms with Gasteiger partial charge in [-0.3, -0.25) is 4.79 Å². The summed E-state index contributed by atoms with van der Waals surface area (Å²) in [5, 5.41) is 2.93. The van der Waals surface area contributed by atoms with Gasteiger partial charge in [0.25, 0.3) is 5.91 Å². The fraction of sp³-hybridized carbons (Fsp3) is 0.357. The zero-order valence-electron chi connectivity index (χ0n) is 9.81. The molecule has 4 nitrogen and oxygen atoms in total. The van der Waals surface area contributed by atoms with Crippen LogP contribution < -0.4 is 5.32 Å². The SMILES string of the molecule is O=C1N/C(=C\c2ccccc2)C[C@@]2(CO2)[C@@]12CO2. The van der Waals surface area contributed by atoms with Crippen LogP contribution >= 0.6 is 0 Å². The lowest BCUT2D eigenvalue weighted by Crippen LogP contribution is -2.53. The number of hydrogen-bond donors (Lipinski definition) is 1. The lowest BCUT2D eigenvalue weighted by molar-refractivity contribution is -0.129. The van der Waals surface area contributed by atoms with Crippen LogP contribution in [0.5, 0.6) is 0 Å². The zero-order valence-corrected chi connectivity index (χ0v) is 9.81. The smallest absolute Gasteiger partial charge is 0.261 e. The second kappa shape index (κ2) is 3.22. The maximum absolute atomic E-state index is 12.1. The maximum Gasteiger partial charge on any atom is 0.261 e. The van der Waals surface area contributed by atoms with Crippen LogP contribution in [0.3, 0.4) is 0 Å². The molecule has 1 amide bonds. The van der Waals surface area contributed by atoms with E-state index in [1.807, 2.05) is 36.4 Å². The van der Waals surface area contributed by atoms with E-state index in [2.05, 4.69) is 5.32 Å². The van der Waals surface area contributed by atoms with Crippen LogP contribution in [0.2, 0.25) is 0 Å². The number of benzene rings is 1.